The van der Waals surface area contributed by atoms with E-state index in [0.29, 0.717) is 29.2 Å². The highest BCUT2D eigenvalue weighted by Crippen LogP contribution is 2.26. The van der Waals surface area contributed by atoms with Gasteiger partial charge in [-0.2, -0.15) is 11.8 Å². The van der Waals surface area contributed by atoms with Gasteiger partial charge in [0.05, 0.1) is 13.7 Å². The largest absolute Gasteiger partial charge is 0.497 e. The number of nitrogens with one attached hydrogen (secondary N) is 2. The molecular formula is C29H41N3O6S. The Balaban J connectivity index is 2.47. The monoisotopic (exact) mass is 559 g/mol. The standard InChI is InChI=1S/C29H41N3O6S/c1-7-20-8-10-21(11-9-20)25(26(34)30-22-12-14-23(37-5)15-13-22)32(17-18-33)27(35)24(16-19-39-6)31-28(36)38-29(2,3)4/h8-15,24-25,33H,7,16-19H2,1-6H3,(H,30,34)(H,31,36). The third-order valence-corrected chi connectivity index (χ3v) is 6.49. The summed E-state index contributed by atoms with van der Waals surface area (Å²) in [6, 6.07) is 12.3. The smallest absolute Gasteiger partial charge is 0.408 e. The predicted molar refractivity (Wildman–Crippen MR) is 155 cm³/mol. The van der Waals surface area contributed by atoms with E-state index in [1.54, 1.807) is 52.1 Å². The summed E-state index contributed by atoms with van der Waals surface area (Å²) in [5, 5.41) is 15.5. The Morgan fingerprint density at radius 1 is 1.05 bits per heavy atom. The van der Waals surface area contributed by atoms with E-state index in [9.17, 15) is 19.5 Å². The van der Waals surface area contributed by atoms with E-state index in [1.807, 2.05) is 37.4 Å². The van der Waals surface area contributed by atoms with E-state index >= 15 is 0 Å². The molecule has 0 bridgehead atoms. The third kappa shape index (κ3) is 10.1. The molecule has 0 saturated carbocycles. The van der Waals surface area contributed by atoms with Crippen molar-refractivity contribution in [1.29, 1.82) is 0 Å². The van der Waals surface area contributed by atoms with Crippen molar-refractivity contribution in [3.05, 3.63) is 59.7 Å². The summed E-state index contributed by atoms with van der Waals surface area (Å²) in [6.45, 7) is 6.77. The molecule has 0 aromatic heterocycles. The minimum Gasteiger partial charge on any atom is -0.497 e. The second kappa shape index (κ2) is 15.4. The number of thioether (sulfide) groups is 1. The molecule has 0 aliphatic carbocycles. The fourth-order valence-electron chi connectivity index (χ4n) is 3.91. The average Bonchev–Trinajstić information content (AvgIpc) is 2.90. The molecule has 0 fully saturated rings. The maximum absolute atomic E-state index is 14.0. The van der Waals surface area contributed by atoms with Gasteiger partial charge in [-0.3, -0.25) is 9.59 Å². The first-order valence-electron chi connectivity index (χ1n) is 13.0. The van der Waals surface area contributed by atoms with Crippen LogP contribution in [0.5, 0.6) is 5.75 Å². The number of aliphatic hydroxyl groups is 1. The van der Waals surface area contributed by atoms with Crippen molar-refractivity contribution in [1.82, 2.24) is 10.2 Å². The minimum absolute atomic E-state index is 0.110. The maximum Gasteiger partial charge on any atom is 0.408 e. The number of hydrogen-bond donors (Lipinski definition) is 3. The molecule has 3 N–H and O–H groups in total. The lowest BCUT2D eigenvalue weighted by Gasteiger charge is -2.34. The second-order valence-corrected chi connectivity index (χ2v) is 10.9. The summed E-state index contributed by atoms with van der Waals surface area (Å²) in [6.07, 6.45) is 2.32. The van der Waals surface area contributed by atoms with Crippen molar-refractivity contribution < 1.29 is 29.0 Å². The van der Waals surface area contributed by atoms with Gasteiger partial charge in [0.15, 0.2) is 0 Å². The summed E-state index contributed by atoms with van der Waals surface area (Å²) in [4.78, 5) is 41.6. The van der Waals surface area contributed by atoms with E-state index in [1.165, 1.54) is 16.7 Å². The van der Waals surface area contributed by atoms with E-state index in [-0.39, 0.29) is 13.2 Å². The number of carbonyl (C=O) groups is 3. The number of methoxy groups -OCH3 is 1. The molecule has 2 rings (SSSR count). The average molecular weight is 560 g/mol. The molecule has 9 nitrogen and oxygen atoms in total. The van der Waals surface area contributed by atoms with E-state index in [2.05, 4.69) is 10.6 Å². The molecule has 10 heteroatoms. The van der Waals surface area contributed by atoms with E-state index in [0.717, 1.165) is 12.0 Å². The Morgan fingerprint density at radius 3 is 2.21 bits per heavy atom. The zero-order chi connectivity index (χ0) is 29.0. The molecule has 3 amide bonds. The van der Waals surface area contributed by atoms with Crippen LogP contribution < -0.4 is 15.4 Å². The van der Waals surface area contributed by atoms with Crippen molar-refractivity contribution in [2.24, 2.45) is 0 Å². The van der Waals surface area contributed by atoms with Crippen LogP contribution in [0.4, 0.5) is 10.5 Å². The summed E-state index contributed by atoms with van der Waals surface area (Å²) < 4.78 is 10.6. The van der Waals surface area contributed by atoms with E-state index in [4.69, 9.17) is 9.47 Å². The SMILES string of the molecule is CCc1ccc(C(C(=O)Nc2ccc(OC)cc2)N(CCO)C(=O)C(CCSC)NC(=O)OC(C)(C)C)cc1. The highest BCUT2D eigenvalue weighted by molar-refractivity contribution is 7.98. The zero-order valence-corrected chi connectivity index (χ0v) is 24.5. The van der Waals surface area contributed by atoms with Crippen LogP contribution in [0, 0.1) is 0 Å². The maximum atomic E-state index is 14.0. The normalized spacial score (nSPS) is 12.7. The van der Waals surface area contributed by atoms with Gasteiger partial charge in [-0.1, -0.05) is 31.2 Å². The molecule has 2 atom stereocenters. The Hall–Kier alpha value is -3.24. The summed E-state index contributed by atoms with van der Waals surface area (Å²) >= 11 is 1.53. The molecule has 2 aromatic rings. The Kier molecular flexibility index (Phi) is 12.6. The van der Waals surface area contributed by atoms with Crippen LogP contribution in [-0.4, -0.2) is 71.8 Å². The summed E-state index contributed by atoms with van der Waals surface area (Å²) in [5.41, 5.74) is 1.45. The van der Waals surface area contributed by atoms with Gasteiger partial charge in [0.2, 0.25) is 5.91 Å². The molecule has 2 unspecified atom stereocenters. The van der Waals surface area contributed by atoms with Crippen LogP contribution in [0.25, 0.3) is 0 Å². The van der Waals surface area contributed by atoms with Crippen molar-refractivity contribution in [2.75, 3.05) is 37.6 Å². The number of benzene rings is 2. The number of ether oxygens (including phenoxy) is 2. The van der Waals surface area contributed by atoms with Crippen molar-refractivity contribution in [2.45, 2.75) is 58.2 Å². The van der Waals surface area contributed by atoms with Gasteiger partial charge >= 0.3 is 6.09 Å². The first-order valence-corrected chi connectivity index (χ1v) is 14.4. The summed E-state index contributed by atoms with van der Waals surface area (Å²) in [5.74, 6) is 0.291. The highest BCUT2D eigenvalue weighted by Gasteiger charge is 2.36. The summed E-state index contributed by atoms with van der Waals surface area (Å²) in [7, 11) is 1.56. The Morgan fingerprint density at radius 2 is 1.69 bits per heavy atom. The number of carbonyl (C=O) groups excluding carboxylic acids is 3. The first kappa shape index (κ1) is 32.0. The number of alkyl carbamates (subject to hydrolysis) is 1. The van der Waals surface area contributed by atoms with Gasteiger partial charge in [0.1, 0.15) is 23.4 Å². The quantitative estimate of drug-likeness (QED) is 0.333. The van der Waals surface area contributed by atoms with Crippen LogP contribution in [0.3, 0.4) is 0 Å². The lowest BCUT2D eigenvalue weighted by molar-refractivity contribution is -0.141. The number of rotatable bonds is 13. The van der Waals surface area contributed by atoms with Gasteiger partial charge in [-0.05, 0) is 81.0 Å². The third-order valence-electron chi connectivity index (χ3n) is 5.84. The molecule has 214 valence electrons. The second-order valence-electron chi connectivity index (χ2n) is 9.95. The van der Waals surface area contributed by atoms with Crippen LogP contribution >= 0.6 is 11.8 Å². The molecule has 39 heavy (non-hydrogen) atoms. The molecule has 0 aliphatic rings. The van der Waals surface area contributed by atoms with Gasteiger partial charge in [0.25, 0.3) is 5.91 Å². The molecule has 2 aromatic carbocycles. The first-order chi connectivity index (χ1) is 18.5. The van der Waals surface area contributed by atoms with Crippen LogP contribution in [0.2, 0.25) is 0 Å². The Bertz CT molecular complexity index is 1070. The zero-order valence-electron chi connectivity index (χ0n) is 23.7. The molecular weight excluding hydrogens is 518 g/mol. The fourth-order valence-corrected chi connectivity index (χ4v) is 4.38. The predicted octanol–water partition coefficient (Wildman–Crippen LogP) is 4.40. The number of amides is 3. The lowest BCUT2D eigenvalue weighted by atomic mass is 10.00. The Labute approximate surface area is 235 Å². The molecule has 0 saturated heterocycles. The number of aryl methyl sites for hydroxylation is 1. The van der Waals surface area contributed by atoms with Gasteiger partial charge in [0, 0.05) is 12.2 Å². The van der Waals surface area contributed by atoms with Crippen LogP contribution in [-0.2, 0) is 20.7 Å². The number of nitrogens with zero attached hydrogens (tertiary/aromatic N) is 1. The van der Waals surface area contributed by atoms with Gasteiger partial charge < -0.3 is 30.1 Å². The van der Waals surface area contributed by atoms with Crippen molar-refractivity contribution in [3.8, 4) is 5.75 Å². The lowest BCUT2D eigenvalue weighted by Crippen LogP contribution is -2.53. The fraction of sp³-hybridized carbons (Fsp3) is 0.483. The topological polar surface area (TPSA) is 117 Å². The number of hydrogen-bond acceptors (Lipinski definition) is 7. The van der Waals surface area contributed by atoms with Gasteiger partial charge in [-0.25, -0.2) is 4.79 Å². The molecule has 0 radical (unpaired) electrons. The molecule has 0 aliphatic heterocycles. The minimum atomic E-state index is -1.06. The van der Waals surface area contributed by atoms with E-state index < -0.39 is 35.6 Å². The van der Waals surface area contributed by atoms with Crippen molar-refractivity contribution in [3.63, 3.8) is 0 Å². The highest BCUT2D eigenvalue weighted by atomic mass is 32.2. The van der Waals surface area contributed by atoms with Crippen LogP contribution in [0.1, 0.15) is 51.3 Å². The number of aliphatic hydroxyl groups excluding tert-OH is 1. The van der Waals surface area contributed by atoms with Gasteiger partial charge in [-0.15, -0.1) is 0 Å². The van der Waals surface area contributed by atoms with Crippen molar-refractivity contribution >= 4 is 35.4 Å². The number of anilines is 1. The van der Waals surface area contributed by atoms with Crippen LogP contribution in [0.15, 0.2) is 48.5 Å². The molecule has 0 spiro atoms. The molecule has 0 heterocycles.